The molecule has 4 aliphatic rings. The maximum Gasteiger partial charge on any atom is 0.355 e. The van der Waals surface area contributed by atoms with Gasteiger partial charge in [-0.3, -0.25) is 4.79 Å². The monoisotopic (exact) mass is 589 g/mol. The third-order valence-electron chi connectivity index (χ3n) is 9.56. The maximum atomic E-state index is 13.8. The van der Waals surface area contributed by atoms with Crippen molar-refractivity contribution < 1.29 is 48.2 Å². The van der Waals surface area contributed by atoms with Crippen LogP contribution in [-0.2, 0) is 33.2 Å². The number of esters is 2. The molecule has 1 aromatic heterocycles. The smallest absolute Gasteiger partial charge is 0.355 e. The minimum atomic E-state index is -1.13. The fourth-order valence-corrected chi connectivity index (χ4v) is 7.81. The topological polar surface area (TPSA) is 146 Å². The van der Waals surface area contributed by atoms with Gasteiger partial charge in [0.15, 0.2) is 0 Å². The van der Waals surface area contributed by atoms with Crippen LogP contribution in [0.15, 0.2) is 35.9 Å². The van der Waals surface area contributed by atoms with Crippen molar-refractivity contribution in [2.75, 3.05) is 41.2 Å². The average molecular weight is 590 g/mol. The molecule has 5 rings (SSSR count). The molecule has 1 saturated heterocycles. The number of ether oxygens (including phenoxy) is 6. The van der Waals surface area contributed by atoms with Crippen molar-refractivity contribution in [2.24, 2.45) is 35.5 Å². The number of cyclic esters (lactones) is 1. The van der Waals surface area contributed by atoms with E-state index in [-0.39, 0.29) is 25.7 Å². The Kier molecular flexibility index (Phi) is 8.99. The Hall–Kier alpha value is -2.54. The lowest BCUT2D eigenvalue weighted by Gasteiger charge is -2.49. The van der Waals surface area contributed by atoms with E-state index in [1.807, 2.05) is 39.0 Å². The Morgan fingerprint density at radius 2 is 1.86 bits per heavy atom. The van der Waals surface area contributed by atoms with Crippen molar-refractivity contribution in [3.8, 4) is 0 Å². The van der Waals surface area contributed by atoms with Crippen molar-refractivity contribution in [1.82, 2.24) is 4.98 Å². The number of aromatic nitrogens is 1. The molecule has 0 aromatic carbocycles. The first-order valence-corrected chi connectivity index (χ1v) is 14.5. The number of aliphatic hydroxyl groups is 2. The summed E-state index contributed by atoms with van der Waals surface area (Å²) in [5.74, 6) is -4.16. The Morgan fingerprint density at radius 3 is 2.50 bits per heavy atom. The van der Waals surface area contributed by atoms with Crippen LogP contribution in [0.1, 0.15) is 30.0 Å². The SMILES string of the molecule is COC[C@@H]1[C@@H](O)[C@@H]2[C@H]3C=C[C@@H]4[C@@H](COC)C(=O)O[C@H]([C@H](O)COC)[C@H](C)/C=C(\C)[C@@]24O[C@H]3[C@@H]1OC(=O)c1ccc(C)[nH]1. The summed E-state index contributed by atoms with van der Waals surface area (Å²) in [6, 6.07) is 3.45. The number of aryl methyl sites for hydroxylation is 1. The van der Waals surface area contributed by atoms with Gasteiger partial charge in [0.2, 0.25) is 0 Å². The summed E-state index contributed by atoms with van der Waals surface area (Å²) in [6.07, 6.45) is 1.55. The molecule has 1 spiro atoms. The third kappa shape index (κ3) is 5.03. The lowest BCUT2D eigenvalue weighted by atomic mass is 9.56. The maximum absolute atomic E-state index is 13.8. The van der Waals surface area contributed by atoms with E-state index in [0.717, 1.165) is 11.3 Å². The van der Waals surface area contributed by atoms with E-state index in [1.54, 1.807) is 19.2 Å². The highest BCUT2D eigenvalue weighted by Crippen LogP contribution is 2.62. The fraction of sp³-hybridized carbons (Fsp3) is 0.677. The van der Waals surface area contributed by atoms with Crippen LogP contribution in [0, 0.1) is 42.4 Å². The predicted molar refractivity (Wildman–Crippen MR) is 149 cm³/mol. The molecule has 1 aromatic rings. The van der Waals surface area contributed by atoms with Gasteiger partial charge in [-0.2, -0.15) is 0 Å². The number of hydrogen-bond donors (Lipinski definition) is 3. The molecule has 0 unspecified atom stereocenters. The van der Waals surface area contributed by atoms with Gasteiger partial charge in [0, 0.05) is 56.6 Å². The largest absolute Gasteiger partial charge is 0.459 e. The van der Waals surface area contributed by atoms with Crippen molar-refractivity contribution in [2.45, 2.75) is 56.9 Å². The molecule has 3 N–H and O–H groups in total. The molecule has 232 valence electrons. The molecule has 2 aliphatic heterocycles. The molecule has 11 heteroatoms. The van der Waals surface area contributed by atoms with Crippen LogP contribution in [0.3, 0.4) is 0 Å². The van der Waals surface area contributed by atoms with E-state index in [2.05, 4.69) is 4.98 Å². The van der Waals surface area contributed by atoms with Crippen LogP contribution in [0.5, 0.6) is 0 Å². The number of nitrogens with one attached hydrogen (secondary N) is 1. The number of carbonyl (C=O) groups excluding carboxylic acids is 2. The summed E-state index contributed by atoms with van der Waals surface area (Å²) in [5.41, 5.74) is 0.807. The van der Waals surface area contributed by atoms with Gasteiger partial charge < -0.3 is 43.6 Å². The number of aromatic amines is 1. The minimum Gasteiger partial charge on any atom is -0.459 e. The molecule has 4 bridgehead atoms. The van der Waals surface area contributed by atoms with Crippen LogP contribution in [0.4, 0.5) is 0 Å². The van der Waals surface area contributed by atoms with Crippen LogP contribution in [0.25, 0.3) is 0 Å². The molecule has 42 heavy (non-hydrogen) atoms. The Bertz CT molecular complexity index is 1210. The van der Waals surface area contributed by atoms with Gasteiger partial charge in [0.25, 0.3) is 0 Å². The molecule has 2 aliphatic carbocycles. The molecular formula is C31H43NO10. The van der Waals surface area contributed by atoms with E-state index in [9.17, 15) is 19.8 Å². The van der Waals surface area contributed by atoms with E-state index in [1.165, 1.54) is 14.2 Å². The van der Waals surface area contributed by atoms with Gasteiger partial charge in [0.05, 0.1) is 31.8 Å². The molecule has 0 radical (unpaired) electrons. The van der Waals surface area contributed by atoms with Crippen LogP contribution in [-0.4, -0.2) is 104 Å². The van der Waals surface area contributed by atoms with Crippen LogP contribution in [0.2, 0.25) is 0 Å². The van der Waals surface area contributed by atoms with E-state index in [0.29, 0.717) is 5.69 Å². The van der Waals surface area contributed by atoms with E-state index in [4.69, 9.17) is 28.4 Å². The Morgan fingerprint density at radius 1 is 1.12 bits per heavy atom. The molecular weight excluding hydrogens is 546 g/mol. The summed E-state index contributed by atoms with van der Waals surface area (Å²) in [5, 5.41) is 22.9. The molecule has 11 nitrogen and oxygen atoms in total. The van der Waals surface area contributed by atoms with Crippen LogP contribution >= 0.6 is 0 Å². The van der Waals surface area contributed by atoms with Gasteiger partial charge >= 0.3 is 11.9 Å². The standard InChI is InChI=1S/C31H43NO10/c1-15-11-16(2)31-21(19(12-37-4)29(35)40-26(15)23(33)14-39-6)9-8-18-24(31)25(34)20(13-38-5)27(28(18)42-31)41-30(36)22-10-7-17(3)32-22/h7-11,15,18-21,23-28,32-34H,12-14H2,1-6H3/b16-11+/t15-,18-,19-,20-,21-,23-,24+,25-,26+,27-,28-,31+/m1/s1. The van der Waals surface area contributed by atoms with Crippen molar-refractivity contribution >= 4 is 11.9 Å². The molecule has 12 atom stereocenters. The summed E-state index contributed by atoms with van der Waals surface area (Å²) in [7, 11) is 4.53. The number of hydrogen-bond acceptors (Lipinski definition) is 10. The molecule has 2 fully saturated rings. The highest BCUT2D eigenvalue weighted by atomic mass is 16.6. The van der Waals surface area contributed by atoms with E-state index >= 15 is 0 Å². The van der Waals surface area contributed by atoms with Crippen molar-refractivity contribution in [3.63, 3.8) is 0 Å². The fourth-order valence-electron chi connectivity index (χ4n) is 7.81. The summed E-state index contributed by atoms with van der Waals surface area (Å²) >= 11 is 0. The number of aliphatic hydroxyl groups excluding tert-OH is 2. The van der Waals surface area contributed by atoms with Gasteiger partial charge in [-0.15, -0.1) is 0 Å². The normalized spacial score (nSPS) is 41.0. The summed E-state index contributed by atoms with van der Waals surface area (Å²) < 4.78 is 35.3. The molecule has 0 amide bonds. The molecule has 3 heterocycles. The second-order valence-electron chi connectivity index (χ2n) is 12.1. The first-order valence-electron chi connectivity index (χ1n) is 14.5. The zero-order valence-electron chi connectivity index (χ0n) is 25.0. The average Bonchev–Trinajstić information content (AvgIpc) is 3.47. The molecule has 1 saturated carbocycles. The second-order valence-corrected chi connectivity index (χ2v) is 12.1. The summed E-state index contributed by atoms with van der Waals surface area (Å²) in [6.45, 7) is 5.82. The first kappa shape index (κ1) is 30.9. The van der Waals surface area contributed by atoms with Crippen molar-refractivity contribution in [1.29, 1.82) is 0 Å². The minimum absolute atomic E-state index is 0.00728. The first-order chi connectivity index (χ1) is 20.1. The third-order valence-corrected chi connectivity index (χ3v) is 9.56. The van der Waals surface area contributed by atoms with Crippen LogP contribution < -0.4 is 0 Å². The zero-order valence-corrected chi connectivity index (χ0v) is 25.0. The second kappa shape index (κ2) is 12.2. The number of H-pyrrole nitrogens is 1. The number of carbonyl (C=O) groups is 2. The Balaban J connectivity index is 1.60. The van der Waals surface area contributed by atoms with Gasteiger partial charge in [-0.1, -0.05) is 25.2 Å². The van der Waals surface area contributed by atoms with Gasteiger partial charge in [0.1, 0.15) is 35.7 Å². The zero-order chi connectivity index (χ0) is 30.3. The predicted octanol–water partition coefficient (Wildman–Crippen LogP) is 1.82. The van der Waals surface area contributed by atoms with Gasteiger partial charge in [-0.05, 0) is 31.6 Å². The van der Waals surface area contributed by atoms with Gasteiger partial charge in [-0.25, -0.2) is 4.79 Å². The highest BCUT2D eigenvalue weighted by molar-refractivity contribution is 5.87. The van der Waals surface area contributed by atoms with E-state index < -0.39 is 77.6 Å². The summed E-state index contributed by atoms with van der Waals surface area (Å²) in [4.78, 5) is 30.1. The highest BCUT2D eigenvalue weighted by Gasteiger charge is 2.71. The lowest BCUT2D eigenvalue weighted by molar-refractivity contribution is -0.173. The quantitative estimate of drug-likeness (QED) is 0.288. The Labute approximate surface area is 246 Å². The van der Waals surface area contributed by atoms with Crippen molar-refractivity contribution in [3.05, 3.63) is 47.3 Å². The lowest BCUT2D eigenvalue weighted by Crippen LogP contribution is -2.59. The number of rotatable bonds is 9. The number of methoxy groups -OCH3 is 3.